The molecule has 0 aliphatic rings. The summed E-state index contributed by atoms with van der Waals surface area (Å²) in [6.45, 7) is 12.6. The molecule has 0 aliphatic heterocycles. The highest BCUT2D eigenvalue weighted by atomic mass is 16.5. The molecule has 36 heavy (non-hydrogen) atoms. The summed E-state index contributed by atoms with van der Waals surface area (Å²) in [6, 6.07) is 15.8. The molecule has 0 amide bonds. The Kier molecular flexibility index (Phi) is 9.02. The Morgan fingerprint density at radius 1 is 0.972 bits per heavy atom. The zero-order valence-electron chi connectivity index (χ0n) is 22.1. The third kappa shape index (κ3) is 7.26. The Labute approximate surface area is 213 Å². The molecule has 1 N–H and O–H groups in total. The summed E-state index contributed by atoms with van der Waals surface area (Å²) in [4.78, 5) is 23.9. The van der Waals surface area contributed by atoms with Gasteiger partial charge < -0.3 is 14.5 Å². The minimum atomic E-state index is -0.260. The molecule has 1 atom stereocenters. The van der Waals surface area contributed by atoms with Gasteiger partial charge in [0.2, 0.25) is 11.8 Å². The average molecular weight is 492 g/mol. The number of ether oxygens (including phenoxy) is 1. The molecule has 1 heterocycles. The molecule has 7 nitrogen and oxygen atoms in total. The molecule has 0 spiro atoms. The van der Waals surface area contributed by atoms with Crippen molar-refractivity contribution in [1.82, 2.24) is 10.2 Å². The minimum Gasteiger partial charge on any atom is -0.466 e. The van der Waals surface area contributed by atoms with Gasteiger partial charge in [-0.05, 0) is 61.2 Å². The first-order valence-corrected chi connectivity index (χ1v) is 12.6. The number of hydrogen-bond acceptors (Lipinski definition) is 7. The van der Waals surface area contributed by atoms with Crippen LogP contribution in [-0.2, 0) is 14.9 Å². The number of carbonyl (C=O) groups is 2. The lowest BCUT2D eigenvalue weighted by atomic mass is 9.94. The van der Waals surface area contributed by atoms with Gasteiger partial charge in [0.25, 0.3) is 0 Å². The second-order valence-corrected chi connectivity index (χ2v) is 10.3. The molecule has 2 aromatic carbocycles. The van der Waals surface area contributed by atoms with Crippen molar-refractivity contribution in [2.45, 2.75) is 72.3 Å². The third-order valence-corrected chi connectivity index (χ3v) is 5.87. The predicted octanol–water partition coefficient (Wildman–Crippen LogP) is 6.76. The highest BCUT2D eigenvalue weighted by molar-refractivity contribution is 5.96. The standard InChI is InChI=1S/C29H37N3O4/c1-7-35-25(34)10-8-9-24(33)20-15-17-23(18-16-20)30-26(19(2)3)21-11-13-22(14-12-21)27-31-32-28(36-27)29(4,5)6/h11-19,26,30H,7-10H2,1-6H3. The van der Waals surface area contributed by atoms with Gasteiger partial charge in [0.1, 0.15) is 0 Å². The smallest absolute Gasteiger partial charge is 0.305 e. The number of esters is 1. The lowest BCUT2D eigenvalue weighted by Gasteiger charge is -2.24. The summed E-state index contributed by atoms with van der Waals surface area (Å²) >= 11 is 0. The van der Waals surface area contributed by atoms with Crippen LogP contribution in [0.15, 0.2) is 52.9 Å². The van der Waals surface area contributed by atoms with Gasteiger partial charge in [0.15, 0.2) is 5.78 Å². The van der Waals surface area contributed by atoms with Crippen LogP contribution >= 0.6 is 0 Å². The van der Waals surface area contributed by atoms with Gasteiger partial charge >= 0.3 is 5.97 Å². The second kappa shape index (κ2) is 12.0. The summed E-state index contributed by atoms with van der Waals surface area (Å²) in [7, 11) is 0. The largest absolute Gasteiger partial charge is 0.466 e. The minimum absolute atomic E-state index is 0.0255. The number of Topliss-reactive ketones (excluding diaryl/α,β-unsaturated/α-hetero) is 1. The maximum atomic E-state index is 12.5. The van der Waals surface area contributed by atoms with Crippen molar-refractivity contribution in [2.75, 3.05) is 11.9 Å². The van der Waals surface area contributed by atoms with E-state index in [4.69, 9.17) is 9.15 Å². The fourth-order valence-electron chi connectivity index (χ4n) is 3.81. The summed E-state index contributed by atoms with van der Waals surface area (Å²) in [5.74, 6) is 1.23. The van der Waals surface area contributed by atoms with E-state index in [1.165, 1.54) is 0 Å². The highest BCUT2D eigenvalue weighted by Crippen LogP contribution is 2.30. The zero-order valence-corrected chi connectivity index (χ0v) is 22.1. The molecule has 1 aromatic heterocycles. The van der Waals surface area contributed by atoms with Gasteiger partial charge in [0, 0.05) is 35.1 Å². The molecule has 0 saturated heterocycles. The topological polar surface area (TPSA) is 94.3 Å². The number of hydrogen-bond donors (Lipinski definition) is 1. The summed E-state index contributed by atoms with van der Waals surface area (Å²) in [6.07, 6.45) is 1.08. The second-order valence-electron chi connectivity index (χ2n) is 10.3. The quantitative estimate of drug-likeness (QED) is 0.234. The van der Waals surface area contributed by atoms with Crippen LogP contribution in [0.25, 0.3) is 11.5 Å². The van der Waals surface area contributed by atoms with E-state index < -0.39 is 0 Å². The Hall–Kier alpha value is -3.48. The fourth-order valence-corrected chi connectivity index (χ4v) is 3.81. The Morgan fingerprint density at radius 2 is 1.64 bits per heavy atom. The normalized spacial score (nSPS) is 12.4. The van der Waals surface area contributed by atoms with E-state index in [0.717, 1.165) is 16.8 Å². The number of rotatable bonds is 11. The molecule has 7 heteroatoms. The van der Waals surface area contributed by atoms with Crippen molar-refractivity contribution in [2.24, 2.45) is 5.92 Å². The molecule has 192 valence electrons. The first-order chi connectivity index (χ1) is 17.1. The lowest BCUT2D eigenvalue weighted by Crippen LogP contribution is -2.16. The molecule has 0 saturated carbocycles. The van der Waals surface area contributed by atoms with Gasteiger partial charge in [-0.15, -0.1) is 10.2 Å². The lowest BCUT2D eigenvalue weighted by molar-refractivity contribution is -0.143. The van der Waals surface area contributed by atoms with Crippen LogP contribution in [-0.4, -0.2) is 28.6 Å². The van der Waals surface area contributed by atoms with Crippen molar-refractivity contribution < 1.29 is 18.7 Å². The van der Waals surface area contributed by atoms with Crippen molar-refractivity contribution >= 4 is 17.4 Å². The molecule has 0 bridgehead atoms. The van der Waals surface area contributed by atoms with Crippen LogP contribution in [0.5, 0.6) is 0 Å². The zero-order chi connectivity index (χ0) is 26.3. The summed E-state index contributed by atoms with van der Waals surface area (Å²) in [5, 5.41) is 12.0. The maximum absolute atomic E-state index is 12.5. The van der Waals surface area contributed by atoms with E-state index in [9.17, 15) is 9.59 Å². The molecular formula is C29H37N3O4. The number of anilines is 1. The molecule has 3 aromatic rings. The molecular weight excluding hydrogens is 454 g/mol. The van der Waals surface area contributed by atoms with Crippen LogP contribution < -0.4 is 5.32 Å². The monoisotopic (exact) mass is 491 g/mol. The average Bonchev–Trinajstić information content (AvgIpc) is 3.34. The third-order valence-electron chi connectivity index (χ3n) is 5.87. The van der Waals surface area contributed by atoms with Gasteiger partial charge in [-0.25, -0.2) is 0 Å². The highest BCUT2D eigenvalue weighted by Gasteiger charge is 2.22. The predicted molar refractivity (Wildman–Crippen MR) is 141 cm³/mol. The van der Waals surface area contributed by atoms with E-state index >= 15 is 0 Å². The summed E-state index contributed by atoms with van der Waals surface area (Å²) < 4.78 is 10.8. The van der Waals surface area contributed by atoms with Gasteiger partial charge in [-0.2, -0.15) is 0 Å². The summed E-state index contributed by atoms with van der Waals surface area (Å²) in [5.41, 5.74) is 3.41. The van der Waals surface area contributed by atoms with Crippen molar-refractivity contribution in [1.29, 1.82) is 0 Å². The van der Waals surface area contributed by atoms with E-state index in [0.29, 0.717) is 42.7 Å². The molecule has 0 radical (unpaired) electrons. The number of nitrogens with one attached hydrogen (secondary N) is 1. The first-order valence-electron chi connectivity index (χ1n) is 12.6. The number of carbonyl (C=O) groups excluding carboxylic acids is 2. The number of benzene rings is 2. The Morgan fingerprint density at radius 3 is 2.19 bits per heavy atom. The first kappa shape index (κ1) is 27.1. The van der Waals surface area contributed by atoms with Crippen LogP contribution in [0.2, 0.25) is 0 Å². The van der Waals surface area contributed by atoms with E-state index in [2.05, 4.69) is 41.5 Å². The fraction of sp³-hybridized carbons (Fsp3) is 0.448. The molecule has 0 fully saturated rings. The van der Waals surface area contributed by atoms with E-state index in [-0.39, 0.29) is 29.6 Å². The van der Waals surface area contributed by atoms with Crippen molar-refractivity contribution in [3.63, 3.8) is 0 Å². The molecule has 1 unspecified atom stereocenters. The van der Waals surface area contributed by atoms with E-state index in [1.54, 1.807) is 6.92 Å². The van der Waals surface area contributed by atoms with Gasteiger partial charge in [-0.3, -0.25) is 9.59 Å². The molecule has 0 aliphatic carbocycles. The van der Waals surface area contributed by atoms with Crippen LogP contribution in [0, 0.1) is 5.92 Å². The van der Waals surface area contributed by atoms with Crippen molar-refractivity contribution in [3.8, 4) is 11.5 Å². The Bertz CT molecular complexity index is 1140. The number of aromatic nitrogens is 2. The number of ketones is 1. The Balaban J connectivity index is 1.64. The molecule has 3 rings (SSSR count). The van der Waals surface area contributed by atoms with E-state index in [1.807, 2.05) is 57.2 Å². The van der Waals surface area contributed by atoms with Crippen molar-refractivity contribution in [3.05, 3.63) is 65.5 Å². The van der Waals surface area contributed by atoms with Crippen LogP contribution in [0.4, 0.5) is 5.69 Å². The number of nitrogens with zero attached hydrogens (tertiary/aromatic N) is 2. The SMILES string of the molecule is CCOC(=O)CCCC(=O)c1ccc(NC(c2ccc(-c3nnc(C(C)(C)C)o3)cc2)C(C)C)cc1. The van der Waals surface area contributed by atoms with Crippen LogP contribution in [0.1, 0.15) is 88.7 Å². The van der Waals surface area contributed by atoms with Gasteiger partial charge in [-0.1, -0.05) is 46.8 Å². The maximum Gasteiger partial charge on any atom is 0.305 e. The van der Waals surface area contributed by atoms with Gasteiger partial charge in [0.05, 0.1) is 12.6 Å². The van der Waals surface area contributed by atoms with Crippen LogP contribution in [0.3, 0.4) is 0 Å².